The minimum Gasteiger partial charge on any atom is -0.497 e. The minimum atomic E-state index is -0.532. The van der Waals surface area contributed by atoms with Gasteiger partial charge in [0.25, 0.3) is 11.8 Å². The Hall–Kier alpha value is -4.80. The second kappa shape index (κ2) is 10.4. The molecule has 0 spiro atoms. The van der Waals surface area contributed by atoms with Crippen LogP contribution in [0.4, 0.5) is 15.8 Å². The van der Waals surface area contributed by atoms with Crippen molar-refractivity contribution >= 4 is 23.2 Å². The van der Waals surface area contributed by atoms with Crippen LogP contribution in [0.3, 0.4) is 0 Å². The average molecular weight is 476 g/mol. The average Bonchev–Trinajstić information content (AvgIpc) is 3.29. The van der Waals surface area contributed by atoms with Gasteiger partial charge in [-0.05, 0) is 71.9 Å². The van der Waals surface area contributed by atoms with Gasteiger partial charge >= 0.3 is 0 Å². The van der Waals surface area contributed by atoms with Gasteiger partial charge in [0.05, 0.1) is 7.11 Å². The first-order valence-corrected chi connectivity index (χ1v) is 10.5. The molecule has 0 bridgehead atoms. The van der Waals surface area contributed by atoms with Gasteiger partial charge in [-0.25, -0.2) is 4.39 Å². The highest BCUT2D eigenvalue weighted by atomic mass is 19.1. The Balaban J connectivity index is 1.34. The SMILES string of the molecule is COc1cccc(NC(=O)COc2ccc(C(=O)Nc3ccc(F)c(-n4nnnc4C)c3)cc2)c1. The molecule has 2 amide bonds. The Morgan fingerprint density at radius 2 is 1.74 bits per heavy atom. The fraction of sp³-hybridized carbons (Fsp3) is 0.125. The number of rotatable bonds is 8. The summed E-state index contributed by atoms with van der Waals surface area (Å²) in [5.74, 6) is 0.166. The van der Waals surface area contributed by atoms with E-state index in [1.54, 1.807) is 62.6 Å². The normalized spacial score (nSPS) is 10.5. The molecule has 0 fully saturated rings. The van der Waals surface area contributed by atoms with Crippen molar-refractivity contribution in [2.45, 2.75) is 6.92 Å². The van der Waals surface area contributed by atoms with Gasteiger partial charge in [-0.3, -0.25) is 9.59 Å². The maximum atomic E-state index is 14.2. The zero-order chi connectivity index (χ0) is 24.8. The van der Waals surface area contributed by atoms with Crippen LogP contribution in [-0.2, 0) is 4.79 Å². The van der Waals surface area contributed by atoms with Crippen molar-refractivity contribution in [3.8, 4) is 17.2 Å². The van der Waals surface area contributed by atoms with Crippen LogP contribution < -0.4 is 20.1 Å². The van der Waals surface area contributed by atoms with Crippen molar-refractivity contribution in [2.24, 2.45) is 0 Å². The Bertz CT molecular complexity index is 1360. The van der Waals surface area contributed by atoms with Gasteiger partial charge < -0.3 is 20.1 Å². The first-order chi connectivity index (χ1) is 16.9. The van der Waals surface area contributed by atoms with Crippen molar-refractivity contribution < 1.29 is 23.5 Å². The molecule has 0 unspecified atom stereocenters. The molecule has 4 rings (SSSR count). The van der Waals surface area contributed by atoms with Crippen LogP contribution in [0.5, 0.6) is 11.5 Å². The van der Waals surface area contributed by atoms with E-state index in [1.165, 1.54) is 22.9 Å². The van der Waals surface area contributed by atoms with E-state index in [0.29, 0.717) is 34.3 Å². The van der Waals surface area contributed by atoms with Crippen LogP contribution in [0.2, 0.25) is 0 Å². The molecule has 4 aromatic rings. The molecule has 35 heavy (non-hydrogen) atoms. The maximum absolute atomic E-state index is 14.2. The number of tetrazole rings is 1. The lowest BCUT2D eigenvalue weighted by atomic mass is 10.2. The number of hydrogen-bond donors (Lipinski definition) is 2. The fourth-order valence-corrected chi connectivity index (χ4v) is 3.16. The van der Waals surface area contributed by atoms with Crippen LogP contribution in [0, 0.1) is 12.7 Å². The molecule has 0 aliphatic rings. The lowest BCUT2D eigenvalue weighted by Crippen LogP contribution is -2.20. The summed E-state index contributed by atoms with van der Waals surface area (Å²) in [5, 5.41) is 16.4. The number of ether oxygens (including phenoxy) is 2. The molecule has 178 valence electrons. The Morgan fingerprint density at radius 1 is 0.971 bits per heavy atom. The van der Waals surface area contributed by atoms with Crippen molar-refractivity contribution in [2.75, 3.05) is 24.4 Å². The zero-order valence-electron chi connectivity index (χ0n) is 18.9. The van der Waals surface area contributed by atoms with Crippen molar-refractivity contribution in [1.29, 1.82) is 0 Å². The van der Waals surface area contributed by atoms with Gasteiger partial charge in [-0.1, -0.05) is 6.07 Å². The summed E-state index contributed by atoms with van der Waals surface area (Å²) in [4.78, 5) is 24.8. The molecule has 3 aromatic carbocycles. The molecule has 11 heteroatoms. The highest BCUT2D eigenvalue weighted by Crippen LogP contribution is 2.20. The number of aromatic nitrogens is 4. The number of benzene rings is 3. The summed E-state index contributed by atoms with van der Waals surface area (Å²) in [6.07, 6.45) is 0. The van der Waals surface area contributed by atoms with Crippen LogP contribution in [0.1, 0.15) is 16.2 Å². The molecule has 0 aliphatic heterocycles. The molecular weight excluding hydrogens is 455 g/mol. The van der Waals surface area contributed by atoms with Gasteiger partial charge in [0, 0.05) is 23.0 Å². The topological polar surface area (TPSA) is 120 Å². The van der Waals surface area contributed by atoms with Gasteiger partial charge in [-0.2, -0.15) is 4.68 Å². The van der Waals surface area contributed by atoms with Gasteiger partial charge in [0.2, 0.25) is 0 Å². The molecule has 0 saturated heterocycles. The van der Waals surface area contributed by atoms with Crippen LogP contribution in [-0.4, -0.2) is 45.7 Å². The highest BCUT2D eigenvalue weighted by Gasteiger charge is 2.13. The summed E-state index contributed by atoms with van der Waals surface area (Å²) in [6.45, 7) is 1.43. The number of carbonyl (C=O) groups is 2. The van der Waals surface area contributed by atoms with Crippen molar-refractivity contribution in [1.82, 2.24) is 20.2 Å². The second-order valence-corrected chi connectivity index (χ2v) is 7.35. The number of aryl methyl sites for hydroxylation is 1. The summed E-state index contributed by atoms with van der Waals surface area (Å²) >= 11 is 0. The number of carbonyl (C=O) groups excluding carboxylic acids is 2. The number of hydrogen-bond acceptors (Lipinski definition) is 7. The van der Waals surface area contributed by atoms with E-state index in [2.05, 4.69) is 26.2 Å². The largest absolute Gasteiger partial charge is 0.497 e. The van der Waals surface area contributed by atoms with Crippen LogP contribution >= 0.6 is 0 Å². The molecule has 1 heterocycles. The standard InChI is InChI=1S/C24H21FN6O4/c1-15-28-29-30-31(15)22-13-18(8-11-21(22)25)27-24(33)16-6-9-19(10-7-16)35-14-23(32)26-17-4-3-5-20(12-17)34-2/h3-13H,14H2,1-2H3,(H,26,32)(H,27,33). The van der Waals surface area contributed by atoms with Gasteiger partial charge in [0.1, 0.15) is 23.0 Å². The monoisotopic (exact) mass is 476 g/mol. The molecule has 2 N–H and O–H groups in total. The van der Waals surface area contributed by atoms with Gasteiger partial charge in [0.15, 0.2) is 12.4 Å². The van der Waals surface area contributed by atoms with Gasteiger partial charge in [-0.15, -0.1) is 5.10 Å². The second-order valence-electron chi connectivity index (χ2n) is 7.35. The Labute approximate surface area is 199 Å². The third-order valence-electron chi connectivity index (χ3n) is 4.90. The Morgan fingerprint density at radius 3 is 2.46 bits per heavy atom. The lowest BCUT2D eigenvalue weighted by Gasteiger charge is -2.10. The van der Waals surface area contributed by atoms with E-state index >= 15 is 0 Å². The number of methoxy groups -OCH3 is 1. The van der Waals surface area contributed by atoms with Crippen molar-refractivity contribution in [3.63, 3.8) is 0 Å². The molecular formula is C24H21FN6O4. The third-order valence-corrected chi connectivity index (χ3v) is 4.90. The number of anilines is 2. The van der Waals surface area contributed by atoms with E-state index in [9.17, 15) is 14.0 Å². The van der Waals surface area contributed by atoms with Crippen LogP contribution in [0.25, 0.3) is 5.69 Å². The smallest absolute Gasteiger partial charge is 0.262 e. The molecule has 0 atom stereocenters. The van der Waals surface area contributed by atoms with E-state index in [-0.39, 0.29) is 18.2 Å². The first-order valence-electron chi connectivity index (χ1n) is 10.5. The number of nitrogens with zero attached hydrogens (tertiary/aromatic N) is 4. The maximum Gasteiger partial charge on any atom is 0.262 e. The molecule has 0 radical (unpaired) electrons. The predicted octanol–water partition coefficient (Wildman–Crippen LogP) is 3.39. The van der Waals surface area contributed by atoms with E-state index in [1.807, 2.05) is 0 Å². The number of halogens is 1. The zero-order valence-corrected chi connectivity index (χ0v) is 18.9. The predicted molar refractivity (Wildman–Crippen MR) is 125 cm³/mol. The van der Waals surface area contributed by atoms with E-state index in [0.717, 1.165) is 0 Å². The molecule has 0 saturated carbocycles. The quantitative estimate of drug-likeness (QED) is 0.400. The minimum absolute atomic E-state index is 0.112. The summed E-state index contributed by atoms with van der Waals surface area (Å²) in [5.41, 5.74) is 1.42. The third kappa shape index (κ3) is 5.77. The van der Waals surface area contributed by atoms with E-state index in [4.69, 9.17) is 9.47 Å². The number of nitrogens with one attached hydrogen (secondary N) is 2. The molecule has 1 aromatic heterocycles. The number of amides is 2. The lowest BCUT2D eigenvalue weighted by molar-refractivity contribution is -0.118. The fourth-order valence-electron chi connectivity index (χ4n) is 3.16. The van der Waals surface area contributed by atoms with Crippen molar-refractivity contribution in [3.05, 3.63) is 83.9 Å². The first kappa shape index (κ1) is 23.4. The summed E-state index contributed by atoms with van der Waals surface area (Å²) in [7, 11) is 1.54. The highest BCUT2D eigenvalue weighted by molar-refractivity contribution is 6.04. The summed E-state index contributed by atoms with van der Waals surface area (Å²) < 4.78 is 26.1. The molecule has 10 nitrogen and oxygen atoms in total. The van der Waals surface area contributed by atoms with Crippen LogP contribution in [0.15, 0.2) is 66.7 Å². The van der Waals surface area contributed by atoms with E-state index < -0.39 is 11.7 Å². The summed E-state index contributed by atoms with van der Waals surface area (Å²) in [6, 6.07) is 17.3. The molecule has 0 aliphatic carbocycles. The Kier molecular flexibility index (Phi) is 6.96.